The summed E-state index contributed by atoms with van der Waals surface area (Å²) in [7, 11) is 3.22. The minimum absolute atomic E-state index is 0.418. The molecule has 0 aliphatic rings. The average molecular weight is 403 g/mol. The van der Waals surface area contributed by atoms with Gasteiger partial charge in [-0.3, -0.25) is 5.10 Å². The lowest BCUT2D eigenvalue weighted by Crippen LogP contribution is -2.19. The second-order valence-electron chi connectivity index (χ2n) is 5.76. The number of rotatable bonds is 5. The van der Waals surface area contributed by atoms with Gasteiger partial charge in [0.25, 0.3) is 0 Å². The molecule has 1 heterocycles. The number of hydrogen-bond acceptors (Lipinski definition) is 4. The quantitative estimate of drug-likeness (QED) is 0.529. The zero-order valence-electron chi connectivity index (χ0n) is 15.1. The Labute approximate surface area is 167 Å². The summed E-state index contributed by atoms with van der Waals surface area (Å²) < 4.78 is 10.6. The number of nitrogens with one attached hydrogen (secondary N) is 3. The third kappa shape index (κ3) is 4.50. The molecule has 2 aromatic carbocycles. The van der Waals surface area contributed by atoms with Crippen molar-refractivity contribution >= 4 is 40.4 Å². The molecule has 140 valence electrons. The van der Waals surface area contributed by atoms with Crippen LogP contribution >= 0.6 is 23.8 Å². The van der Waals surface area contributed by atoms with Gasteiger partial charge in [-0.05, 0) is 49.0 Å². The minimum Gasteiger partial charge on any atom is -0.497 e. The predicted octanol–water partition coefficient (Wildman–Crippen LogP) is 4.86. The van der Waals surface area contributed by atoms with Crippen molar-refractivity contribution in [1.29, 1.82) is 0 Å². The topological polar surface area (TPSA) is 71.2 Å². The molecule has 0 bridgehead atoms. The first kappa shape index (κ1) is 19.0. The molecule has 0 atom stereocenters. The van der Waals surface area contributed by atoms with Gasteiger partial charge in [0.2, 0.25) is 0 Å². The van der Waals surface area contributed by atoms with Gasteiger partial charge in [0.15, 0.2) is 10.9 Å². The van der Waals surface area contributed by atoms with E-state index in [0.29, 0.717) is 27.5 Å². The van der Waals surface area contributed by atoms with Crippen LogP contribution in [0.15, 0.2) is 42.5 Å². The summed E-state index contributed by atoms with van der Waals surface area (Å²) >= 11 is 11.5. The Morgan fingerprint density at radius 1 is 1.07 bits per heavy atom. The molecular formula is C19H19ClN4O2S. The van der Waals surface area contributed by atoms with E-state index in [0.717, 1.165) is 22.5 Å². The second kappa shape index (κ2) is 8.28. The normalized spacial score (nSPS) is 10.4. The van der Waals surface area contributed by atoms with E-state index in [-0.39, 0.29) is 0 Å². The summed E-state index contributed by atoms with van der Waals surface area (Å²) in [6.07, 6.45) is 0. The van der Waals surface area contributed by atoms with Gasteiger partial charge in [0, 0.05) is 28.4 Å². The zero-order chi connectivity index (χ0) is 19.4. The fourth-order valence-corrected chi connectivity index (χ4v) is 2.90. The molecule has 3 rings (SSSR count). The van der Waals surface area contributed by atoms with Crippen LogP contribution in [-0.4, -0.2) is 29.5 Å². The lowest BCUT2D eigenvalue weighted by atomic mass is 10.1. The van der Waals surface area contributed by atoms with Crippen LogP contribution in [0.4, 0.5) is 11.5 Å². The Hall–Kier alpha value is -2.77. The van der Waals surface area contributed by atoms with Crippen LogP contribution in [0.3, 0.4) is 0 Å². The zero-order valence-corrected chi connectivity index (χ0v) is 16.7. The van der Waals surface area contributed by atoms with Crippen molar-refractivity contribution in [3.63, 3.8) is 0 Å². The van der Waals surface area contributed by atoms with Gasteiger partial charge in [-0.2, -0.15) is 5.10 Å². The molecule has 0 saturated carbocycles. The summed E-state index contributed by atoms with van der Waals surface area (Å²) in [4.78, 5) is 0. The molecule has 0 spiro atoms. The van der Waals surface area contributed by atoms with Crippen LogP contribution in [0.2, 0.25) is 5.02 Å². The molecule has 3 N–H and O–H groups in total. The van der Waals surface area contributed by atoms with E-state index in [4.69, 9.17) is 33.3 Å². The predicted molar refractivity (Wildman–Crippen MR) is 113 cm³/mol. The minimum atomic E-state index is 0.418. The van der Waals surface area contributed by atoms with E-state index in [1.165, 1.54) is 0 Å². The van der Waals surface area contributed by atoms with E-state index < -0.39 is 0 Å². The number of anilines is 2. The molecule has 0 aliphatic carbocycles. The first-order valence-electron chi connectivity index (χ1n) is 8.12. The van der Waals surface area contributed by atoms with Crippen molar-refractivity contribution in [3.05, 3.63) is 53.1 Å². The fourth-order valence-electron chi connectivity index (χ4n) is 2.51. The SMILES string of the molecule is COc1cc(OC)cc(-c2cc(NC(=S)Nc3cccc(Cl)c3C)n[nH]2)c1. The van der Waals surface area contributed by atoms with Gasteiger partial charge in [-0.25, -0.2) is 0 Å². The maximum Gasteiger partial charge on any atom is 0.176 e. The lowest BCUT2D eigenvalue weighted by Gasteiger charge is -2.11. The summed E-state index contributed by atoms with van der Waals surface area (Å²) in [5.41, 5.74) is 3.45. The molecule has 0 fully saturated rings. The largest absolute Gasteiger partial charge is 0.497 e. The molecule has 0 saturated heterocycles. The molecule has 6 nitrogen and oxygen atoms in total. The first-order chi connectivity index (χ1) is 13.0. The number of aromatic amines is 1. The van der Waals surface area contributed by atoms with Crippen LogP contribution in [0.1, 0.15) is 5.56 Å². The lowest BCUT2D eigenvalue weighted by molar-refractivity contribution is 0.394. The van der Waals surface area contributed by atoms with Crippen LogP contribution in [0.5, 0.6) is 11.5 Å². The van der Waals surface area contributed by atoms with E-state index in [1.807, 2.05) is 49.4 Å². The number of H-pyrrole nitrogens is 1. The standard InChI is InChI=1S/C19H19ClN4O2S/c1-11-15(20)5-4-6-16(11)21-19(27)22-18-10-17(23-24-18)12-7-13(25-2)9-14(8-12)26-3/h4-10H,1-3H3,(H3,21,22,23,24,27). The van der Waals surface area contributed by atoms with Gasteiger partial charge >= 0.3 is 0 Å². The maximum atomic E-state index is 6.14. The Bertz CT molecular complexity index is 952. The average Bonchev–Trinajstić information content (AvgIpc) is 3.13. The van der Waals surface area contributed by atoms with Crippen LogP contribution < -0.4 is 20.1 Å². The fraction of sp³-hybridized carbons (Fsp3) is 0.158. The summed E-state index contributed by atoms with van der Waals surface area (Å²) in [6.45, 7) is 1.93. The highest BCUT2D eigenvalue weighted by atomic mass is 35.5. The third-order valence-corrected chi connectivity index (χ3v) is 4.61. The molecule has 0 unspecified atom stereocenters. The molecule has 0 aliphatic heterocycles. The van der Waals surface area contributed by atoms with Crippen LogP contribution in [-0.2, 0) is 0 Å². The van der Waals surface area contributed by atoms with Crippen molar-refractivity contribution in [2.24, 2.45) is 0 Å². The van der Waals surface area contributed by atoms with Crippen molar-refractivity contribution < 1.29 is 9.47 Å². The highest BCUT2D eigenvalue weighted by Crippen LogP contribution is 2.29. The van der Waals surface area contributed by atoms with Crippen molar-refractivity contribution in [1.82, 2.24) is 10.2 Å². The number of methoxy groups -OCH3 is 2. The Balaban J connectivity index is 1.74. The summed E-state index contributed by atoms with van der Waals surface area (Å²) in [6, 6.07) is 13.1. The Kier molecular flexibility index (Phi) is 5.83. The maximum absolute atomic E-state index is 6.14. The number of hydrogen-bond donors (Lipinski definition) is 3. The van der Waals surface area contributed by atoms with Crippen molar-refractivity contribution in [3.8, 4) is 22.8 Å². The highest BCUT2D eigenvalue weighted by molar-refractivity contribution is 7.80. The molecule has 0 radical (unpaired) electrons. The van der Waals surface area contributed by atoms with Crippen molar-refractivity contribution in [2.75, 3.05) is 24.9 Å². The number of aromatic nitrogens is 2. The molecule has 27 heavy (non-hydrogen) atoms. The van der Waals surface area contributed by atoms with Gasteiger partial charge < -0.3 is 20.1 Å². The summed E-state index contributed by atoms with van der Waals surface area (Å²) in [5, 5.41) is 14.5. The van der Waals surface area contributed by atoms with Crippen LogP contribution in [0.25, 0.3) is 11.3 Å². The van der Waals surface area contributed by atoms with E-state index in [1.54, 1.807) is 14.2 Å². The number of halogens is 1. The second-order valence-corrected chi connectivity index (χ2v) is 6.58. The van der Waals surface area contributed by atoms with Crippen LogP contribution in [0, 0.1) is 6.92 Å². The molecule has 0 amide bonds. The third-order valence-electron chi connectivity index (χ3n) is 4.00. The number of ether oxygens (including phenoxy) is 2. The van der Waals surface area contributed by atoms with E-state index in [9.17, 15) is 0 Å². The van der Waals surface area contributed by atoms with E-state index >= 15 is 0 Å². The molecule has 3 aromatic rings. The number of nitrogens with zero attached hydrogens (tertiary/aromatic N) is 1. The summed E-state index contributed by atoms with van der Waals surface area (Å²) in [5.74, 6) is 1.98. The van der Waals surface area contributed by atoms with Gasteiger partial charge in [-0.15, -0.1) is 0 Å². The van der Waals surface area contributed by atoms with E-state index in [2.05, 4.69) is 20.8 Å². The molecule has 8 heteroatoms. The molecular weight excluding hydrogens is 384 g/mol. The monoisotopic (exact) mass is 402 g/mol. The van der Waals surface area contributed by atoms with Crippen molar-refractivity contribution in [2.45, 2.75) is 6.92 Å². The first-order valence-corrected chi connectivity index (χ1v) is 8.90. The number of benzene rings is 2. The highest BCUT2D eigenvalue weighted by Gasteiger charge is 2.10. The van der Waals surface area contributed by atoms with Gasteiger partial charge in [0.1, 0.15) is 11.5 Å². The van der Waals surface area contributed by atoms with Gasteiger partial charge in [0.05, 0.1) is 19.9 Å². The Morgan fingerprint density at radius 3 is 2.44 bits per heavy atom. The number of thiocarbonyl (C=S) groups is 1. The van der Waals surface area contributed by atoms with Gasteiger partial charge in [-0.1, -0.05) is 17.7 Å². The molecule has 1 aromatic heterocycles. The smallest absolute Gasteiger partial charge is 0.176 e. The Morgan fingerprint density at radius 2 is 1.78 bits per heavy atom.